The second-order valence-electron chi connectivity index (χ2n) is 8.67. The smallest absolute Gasteiger partial charge is 0.266 e. The molecular formula is C27H28N4O2S. The van der Waals surface area contributed by atoms with Crippen LogP contribution in [0.3, 0.4) is 0 Å². The Morgan fingerprint density at radius 2 is 1.74 bits per heavy atom. The van der Waals surface area contributed by atoms with Crippen molar-refractivity contribution in [2.45, 2.75) is 6.92 Å². The summed E-state index contributed by atoms with van der Waals surface area (Å²) >= 11 is 1.38. The van der Waals surface area contributed by atoms with Crippen molar-refractivity contribution >= 4 is 33.1 Å². The predicted molar refractivity (Wildman–Crippen MR) is 139 cm³/mol. The Balaban J connectivity index is 1.59. The molecule has 34 heavy (non-hydrogen) atoms. The van der Waals surface area contributed by atoms with E-state index in [-0.39, 0.29) is 12.5 Å². The fourth-order valence-electron chi connectivity index (χ4n) is 4.46. The third-order valence-corrected chi connectivity index (χ3v) is 7.49. The Labute approximate surface area is 203 Å². The molecule has 4 aromatic rings. The molecule has 0 atom stereocenters. The second-order valence-corrected chi connectivity index (χ2v) is 9.67. The van der Waals surface area contributed by atoms with Gasteiger partial charge in [-0.3, -0.25) is 9.69 Å². The van der Waals surface area contributed by atoms with E-state index in [4.69, 9.17) is 10.7 Å². The molecular weight excluding hydrogens is 444 g/mol. The minimum Gasteiger partial charge on any atom is -0.397 e. The van der Waals surface area contributed by atoms with Crippen LogP contribution in [0.4, 0.5) is 5.69 Å². The Morgan fingerprint density at radius 3 is 2.41 bits per heavy atom. The van der Waals surface area contributed by atoms with Crippen LogP contribution < -0.4 is 5.73 Å². The molecule has 174 valence electrons. The number of carbonyl (C=O) groups is 1. The number of benzene rings is 2. The molecule has 2 aromatic carbocycles. The van der Waals surface area contributed by atoms with Crippen LogP contribution in [0.1, 0.15) is 15.2 Å². The van der Waals surface area contributed by atoms with E-state index in [2.05, 4.69) is 42.2 Å². The number of aliphatic hydroxyl groups excluding tert-OH is 1. The molecule has 1 fully saturated rings. The standard InChI is InChI=1S/C27H28N4O2S/c1-18-7-9-19(10-8-18)21-17-22(20-5-3-2-4-6-20)29-26-23(21)24(28)25(34-26)27(33)31-13-11-30(12-14-31)15-16-32/h2-10,17,32H,11-16,28H2,1H3. The number of aromatic nitrogens is 1. The molecule has 1 amide bonds. The van der Waals surface area contributed by atoms with Crippen LogP contribution in [0.2, 0.25) is 0 Å². The lowest BCUT2D eigenvalue weighted by atomic mass is 9.98. The van der Waals surface area contributed by atoms with E-state index in [0.717, 1.165) is 45.7 Å². The van der Waals surface area contributed by atoms with E-state index < -0.39 is 0 Å². The largest absolute Gasteiger partial charge is 0.397 e. The van der Waals surface area contributed by atoms with E-state index in [9.17, 15) is 9.90 Å². The molecule has 3 N–H and O–H groups in total. The van der Waals surface area contributed by atoms with Crippen LogP contribution >= 0.6 is 11.3 Å². The highest BCUT2D eigenvalue weighted by molar-refractivity contribution is 7.21. The van der Waals surface area contributed by atoms with Crippen molar-refractivity contribution in [3.05, 3.63) is 71.1 Å². The second kappa shape index (κ2) is 9.54. The van der Waals surface area contributed by atoms with Gasteiger partial charge >= 0.3 is 0 Å². The molecule has 7 heteroatoms. The molecule has 0 bridgehead atoms. The summed E-state index contributed by atoms with van der Waals surface area (Å²) in [6.07, 6.45) is 0. The number of piperazine rings is 1. The summed E-state index contributed by atoms with van der Waals surface area (Å²) in [6.45, 7) is 5.59. The summed E-state index contributed by atoms with van der Waals surface area (Å²) in [7, 11) is 0. The monoisotopic (exact) mass is 472 g/mol. The molecule has 3 heterocycles. The van der Waals surface area contributed by atoms with Crippen molar-refractivity contribution < 1.29 is 9.90 Å². The molecule has 5 rings (SSSR count). The lowest BCUT2D eigenvalue weighted by molar-refractivity contribution is 0.0620. The molecule has 0 radical (unpaired) electrons. The SMILES string of the molecule is Cc1ccc(-c2cc(-c3ccccc3)nc3sc(C(=O)N4CCN(CCO)CC4)c(N)c23)cc1. The highest BCUT2D eigenvalue weighted by Crippen LogP contribution is 2.41. The zero-order valence-corrected chi connectivity index (χ0v) is 20.0. The number of hydrogen-bond donors (Lipinski definition) is 2. The van der Waals surface area contributed by atoms with Crippen molar-refractivity contribution in [2.24, 2.45) is 0 Å². The van der Waals surface area contributed by atoms with Gasteiger partial charge < -0.3 is 15.7 Å². The van der Waals surface area contributed by atoms with Gasteiger partial charge in [-0.15, -0.1) is 11.3 Å². The number of amides is 1. The number of anilines is 1. The summed E-state index contributed by atoms with van der Waals surface area (Å²) in [5.74, 6) is -0.0414. The minimum absolute atomic E-state index is 0.0414. The number of β-amino-alcohol motifs (C(OH)–C–C–N with tert-alkyl or cyclic N) is 1. The highest BCUT2D eigenvalue weighted by atomic mass is 32.1. The molecule has 0 aliphatic carbocycles. The van der Waals surface area contributed by atoms with Crippen molar-refractivity contribution in [3.63, 3.8) is 0 Å². The van der Waals surface area contributed by atoms with Gasteiger partial charge in [0.15, 0.2) is 0 Å². The Hall–Kier alpha value is -3.26. The van der Waals surface area contributed by atoms with Crippen LogP contribution in [-0.4, -0.2) is 65.1 Å². The lowest BCUT2D eigenvalue weighted by Gasteiger charge is -2.34. The van der Waals surface area contributed by atoms with Gasteiger partial charge in [0, 0.05) is 43.7 Å². The molecule has 1 saturated heterocycles. The molecule has 0 spiro atoms. The molecule has 2 aromatic heterocycles. The number of aliphatic hydroxyl groups is 1. The summed E-state index contributed by atoms with van der Waals surface area (Å²) in [6, 6.07) is 20.5. The van der Waals surface area contributed by atoms with Crippen molar-refractivity contribution in [2.75, 3.05) is 45.1 Å². The number of fused-ring (bicyclic) bond motifs is 1. The average molecular weight is 473 g/mol. The summed E-state index contributed by atoms with van der Waals surface area (Å²) < 4.78 is 0. The summed E-state index contributed by atoms with van der Waals surface area (Å²) in [4.78, 5) is 23.7. The number of nitrogen functional groups attached to an aromatic ring is 1. The number of pyridine rings is 1. The first-order valence-electron chi connectivity index (χ1n) is 11.5. The van der Waals surface area contributed by atoms with E-state index in [1.165, 1.54) is 16.9 Å². The molecule has 0 unspecified atom stereocenters. The van der Waals surface area contributed by atoms with E-state index in [0.29, 0.717) is 30.2 Å². The van der Waals surface area contributed by atoms with Crippen LogP contribution in [0.25, 0.3) is 32.6 Å². The Morgan fingerprint density at radius 1 is 1.03 bits per heavy atom. The van der Waals surface area contributed by atoms with Gasteiger partial charge in [-0.05, 0) is 24.1 Å². The van der Waals surface area contributed by atoms with Crippen LogP contribution in [0.15, 0.2) is 60.7 Å². The zero-order valence-electron chi connectivity index (χ0n) is 19.2. The quantitative estimate of drug-likeness (QED) is 0.453. The van der Waals surface area contributed by atoms with Gasteiger partial charge in [-0.2, -0.15) is 0 Å². The normalized spacial score (nSPS) is 14.6. The molecule has 1 aliphatic heterocycles. The summed E-state index contributed by atoms with van der Waals surface area (Å²) in [5.41, 5.74) is 12.3. The fraction of sp³-hybridized carbons (Fsp3) is 0.259. The fourth-order valence-corrected chi connectivity index (χ4v) is 5.54. The maximum atomic E-state index is 13.5. The topological polar surface area (TPSA) is 82.7 Å². The van der Waals surface area contributed by atoms with Gasteiger partial charge in [0.25, 0.3) is 5.91 Å². The number of rotatable bonds is 5. The number of nitrogens with zero attached hydrogens (tertiary/aromatic N) is 3. The van der Waals surface area contributed by atoms with E-state index in [1.807, 2.05) is 35.2 Å². The maximum Gasteiger partial charge on any atom is 0.266 e. The number of hydrogen-bond acceptors (Lipinski definition) is 6. The Kier molecular flexibility index (Phi) is 6.32. The first kappa shape index (κ1) is 22.5. The molecule has 6 nitrogen and oxygen atoms in total. The van der Waals surface area contributed by atoms with Gasteiger partial charge in [-0.1, -0.05) is 60.2 Å². The number of aryl methyl sites for hydroxylation is 1. The number of nitrogens with two attached hydrogens (primary N) is 1. The van der Waals surface area contributed by atoms with Gasteiger partial charge in [0.05, 0.1) is 18.0 Å². The van der Waals surface area contributed by atoms with Gasteiger partial charge in [0.1, 0.15) is 9.71 Å². The van der Waals surface area contributed by atoms with Crippen LogP contribution in [-0.2, 0) is 0 Å². The predicted octanol–water partition coefficient (Wildman–Crippen LogP) is 4.27. The van der Waals surface area contributed by atoms with Crippen LogP contribution in [0, 0.1) is 6.92 Å². The average Bonchev–Trinajstić information content (AvgIpc) is 3.21. The van der Waals surface area contributed by atoms with E-state index >= 15 is 0 Å². The van der Waals surface area contributed by atoms with E-state index in [1.54, 1.807) is 0 Å². The third kappa shape index (κ3) is 4.30. The maximum absolute atomic E-state index is 13.5. The summed E-state index contributed by atoms with van der Waals surface area (Å²) in [5, 5.41) is 10.0. The molecule has 0 saturated carbocycles. The van der Waals surface area contributed by atoms with Crippen molar-refractivity contribution in [3.8, 4) is 22.4 Å². The lowest BCUT2D eigenvalue weighted by Crippen LogP contribution is -2.49. The highest BCUT2D eigenvalue weighted by Gasteiger charge is 2.27. The number of thiophene rings is 1. The minimum atomic E-state index is -0.0414. The first-order valence-corrected chi connectivity index (χ1v) is 12.3. The first-order chi connectivity index (χ1) is 16.5. The van der Waals surface area contributed by atoms with Crippen molar-refractivity contribution in [1.29, 1.82) is 0 Å². The molecule has 1 aliphatic rings. The van der Waals surface area contributed by atoms with Gasteiger partial charge in [-0.25, -0.2) is 4.98 Å². The van der Waals surface area contributed by atoms with Gasteiger partial charge in [0.2, 0.25) is 0 Å². The zero-order chi connectivity index (χ0) is 23.7. The van der Waals surface area contributed by atoms with Crippen molar-refractivity contribution in [1.82, 2.24) is 14.8 Å². The van der Waals surface area contributed by atoms with Crippen LogP contribution in [0.5, 0.6) is 0 Å². The number of carbonyl (C=O) groups excluding carboxylic acids is 1. The third-order valence-electron chi connectivity index (χ3n) is 6.40. The Bertz CT molecular complexity index is 1310.